The maximum Gasteiger partial charge on any atom is 0.209 e. The summed E-state index contributed by atoms with van der Waals surface area (Å²) in [5.41, 5.74) is 0.616. The van der Waals surface area contributed by atoms with Crippen LogP contribution in [-0.2, 0) is 15.6 Å². The van der Waals surface area contributed by atoms with Crippen LogP contribution < -0.4 is 4.72 Å². The van der Waals surface area contributed by atoms with Crippen LogP contribution in [0.2, 0.25) is 0 Å². The monoisotopic (exact) mass is 268 g/mol. The molecule has 0 spiro atoms. The van der Waals surface area contributed by atoms with Crippen molar-refractivity contribution in [1.82, 2.24) is 9.62 Å². The molecule has 4 nitrogen and oxygen atoms in total. The third-order valence-electron chi connectivity index (χ3n) is 3.55. The van der Waals surface area contributed by atoms with Crippen molar-refractivity contribution < 1.29 is 8.42 Å². The smallest absolute Gasteiger partial charge is 0.209 e. The minimum atomic E-state index is -3.22. The number of rotatable bonds is 3. The summed E-state index contributed by atoms with van der Waals surface area (Å²) in [4.78, 5) is 2.23. The molecule has 100 valence electrons. The summed E-state index contributed by atoms with van der Waals surface area (Å²) in [6.07, 6.45) is 2.84. The van der Waals surface area contributed by atoms with Crippen LogP contribution >= 0.6 is 0 Å². The molecule has 0 amide bonds. The zero-order valence-corrected chi connectivity index (χ0v) is 11.7. The third-order valence-corrected chi connectivity index (χ3v) is 4.31. The highest BCUT2D eigenvalue weighted by atomic mass is 32.2. The lowest BCUT2D eigenvalue weighted by Gasteiger charge is -2.41. The number of sulfonamides is 1. The van der Waals surface area contributed by atoms with Crippen molar-refractivity contribution in [2.24, 2.45) is 0 Å². The van der Waals surface area contributed by atoms with E-state index in [1.807, 2.05) is 30.3 Å². The van der Waals surface area contributed by atoms with E-state index in [1.54, 1.807) is 0 Å². The molecule has 1 heterocycles. The molecule has 0 aliphatic carbocycles. The lowest BCUT2D eigenvalue weighted by molar-refractivity contribution is 0.177. The number of hydrogen-bond donors (Lipinski definition) is 1. The first-order valence-electron chi connectivity index (χ1n) is 6.14. The molecule has 5 heteroatoms. The van der Waals surface area contributed by atoms with E-state index < -0.39 is 15.6 Å². The molecule has 0 bridgehead atoms. The summed E-state index contributed by atoms with van der Waals surface area (Å²) in [5.74, 6) is 0. The predicted molar refractivity (Wildman–Crippen MR) is 72.8 cm³/mol. The van der Waals surface area contributed by atoms with Crippen LogP contribution in [0.15, 0.2) is 30.3 Å². The van der Waals surface area contributed by atoms with Gasteiger partial charge in [-0.2, -0.15) is 0 Å². The van der Waals surface area contributed by atoms with Crippen LogP contribution in [0.1, 0.15) is 18.4 Å². The highest BCUT2D eigenvalue weighted by Crippen LogP contribution is 2.33. The Morgan fingerprint density at radius 3 is 2.22 bits per heavy atom. The van der Waals surface area contributed by atoms with E-state index >= 15 is 0 Å². The summed E-state index contributed by atoms with van der Waals surface area (Å²) in [6, 6.07) is 9.87. The molecular weight excluding hydrogens is 248 g/mol. The van der Waals surface area contributed by atoms with Gasteiger partial charge in [0.2, 0.25) is 10.0 Å². The van der Waals surface area contributed by atoms with Gasteiger partial charge < -0.3 is 4.90 Å². The molecule has 0 saturated carbocycles. The van der Waals surface area contributed by atoms with E-state index in [9.17, 15) is 8.42 Å². The molecule has 0 aromatic heterocycles. The Morgan fingerprint density at radius 1 is 1.17 bits per heavy atom. The largest absolute Gasteiger partial charge is 0.306 e. The Morgan fingerprint density at radius 2 is 1.72 bits per heavy atom. The molecule has 0 radical (unpaired) electrons. The summed E-state index contributed by atoms with van der Waals surface area (Å²) in [7, 11) is -1.15. The fourth-order valence-corrected chi connectivity index (χ4v) is 3.59. The maximum atomic E-state index is 11.6. The van der Waals surface area contributed by atoms with Crippen molar-refractivity contribution in [2.75, 3.05) is 26.4 Å². The van der Waals surface area contributed by atoms with Gasteiger partial charge in [0.1, 0.15) is 0 Å². The van der Waals surface area contributed by atoms with E-state index in [1.165, 1.54) is 6.26 Å². The van der Waals surface area contributed by atoms with E-state index in [4.69, 9.17) is 0 Å². The van der Waals surface area contributed by atoms with Gasteiger partial charge in [0.05, 0.1) is 11.8 Å². The average molecular weight is 268 g/mol. The van der Waals surface area contributed by atoms with E-state index in [0.29, 0.717) is 0 Å². The SMILES string of the molecule is CN1CCC(NS(C)(=O)=O)(c2ccccc2)CC1. The van der Waals surface area contributed by atoms with Crippen molar-refractivity contribution in [1.29, 1.82) is 0 Å². The molecule has 1 saturated heterocycles. The van der Waals surface area contributed by atoms with Crippen LogP contribution in [0.5, 0.6) is 0 Å². The first-order chi connectivity index (χ1) is 8.41. The van der Waals surface area contributed by atoms with Gasteiger partial charge in [0.15, 0.2) is 0 Å². The third kappa shape index (κ3) is 3.10. The molecule has 1 N–H and O–H groups in total. The van der Waals surface area contributed by atoms with Crippen LogP contribution in [0.4, 0.5) is 0 Å². The fourth-order valence-electron chi connectivity index (χ4n) is 2.56. The summed E-state index contributed by atoms with van der Waals surface area (Å²) in [6.45, 7) is 1.80. The van der Waals surface area contributed by atoms with Crippen molar-refractivity contribution in [3.05, 3.63) is 35.9 Å². The van der Waals surface area contributed by atoms with Crippen LogP contribution in [0.25, 0.3) is 0 Å². The Labute approximate surface area is 109 Å². The van der Waals surface area contributed by atoms with E-state index in [2.05, 4.69) is 16.7 Å². The summed E-state index contributed by atoms with van der Waals surface area (Å²) >= 11 is 0. The van der Waals surface area contributed by atoms with Gasteiger partial charge in [-0.1, -0.05) is 30.3 Å². The standard InChI is InChI=1S/C13H20N2O2S/c1-15-10-8-13(9-11-15,14-18(2,16)17)12-6-4-3-5-7-12/h3-7,14H,8-11H2,1-2H3. The zero-order chi connectivity index (χ0) is 13.2. The highest BCUT2D eigenvalue weighted by molar-refractivity contribution is 7.88. The second-order valence-corrected chi connectivity index (χ2v) is 6.87. The molecule has 0 unspecified atom stereocenters. The second kappa shape index (κ2) is 4.99. The molecule has 1 aromatic rings. The molecule has 2 rings (SSSR count). The van der Waals surface area contributed by atoms with E-state index in [0.717, 1.165) is 31.5 Å². The Kier molecular flexibility index (Phi) is 3.75. The van der Waals surface area contributed by atoms with Gasteiger partial charge in [0.25, 0.3) is 0 Å². The minimum Gasteiger partial charge on any atom is -0.306 e. The van der Waals surface area contributed by atoms with Crippen LogP contribution in [-0.4, -0.2) is 39.7 Å². The molecule has 1 aromatic carbocycles. The van der Waals surface area contributed by atoms with Crippen molar-refractivity contribution >= 4 is 10.0 Å². The van der Waals surface area contributed by atoms with Gasteiger partial charge >= 0.3 is 0 Å². The normalized spacial score (nSPS) is 20.8. The molecule has 18 heavy (non-hydrogen) atoms. The Bertz CT molecular complexity index is 491. The molecule has 1 aliphatic rings. The van der Waals surface area contributed by atoms with E-state index in [-0.39, 0.29) is 0 Å². The maximum absolute atomic E-state index is 11.6. The number of benzene rings is 1. The summed E-state index contributed by atoms with van der Waals surface area (Å²) in [5, 5.41) is 0. The predicted octanol–water partition coefficient (Wildman–Crippen LogP) is 1.16. The number of nitrogens with zero attached hydrogens (tertiary/aromatic N) is 1. The van der Waals surface area contributed by atoms with Crippen molar-refractivity contribution in [3.63, 3.8) is 0 Å². The number of hydrogen-bond acceptors (Lipinski definition) is 3. The molecule has 1 aliphatic heterocycles. The summed E-state index contributed by atoms with van der Waals surface area (Å²) < 4.78 is 26.1. The van der Waals surface area contributed by atoms with Crippen LogP contribution in [0.3, 0.4) is 0 Å². The van der Waals surface area contributed by atoms with Gasteiger partial charge in [-0.25, -0.2) is 13.1 Å². The molecular formula is C13H20N2O2S. The number of nitrogens with one attached hydrogen (secondary N) is 1. The minimum absolute atomic E-state index is 0.443. The Balaban J connectivity index is 2.35. The number of piperidine rings is 1. The number of likely N-dealkylation sites (tertiary alicyclic amines) is 1. The lowest BCUT2D eigenvalue weighted by atomic mass is 9.82. The lowest BCUT2D eigenvalue weighted by Crippen LogP contribution is -2.52. The quantitative estimate of drug-likeness (QED) is 0.895. The molecule has 1 fully saturated rings. The first-order valence-corrected chi connectivity index (χ1v) is 8.03. The first kappa shape index (κ1) is 13.5. The zero-order valence-electron chi connectivity index (χ0n) is 10.9. The molecule has 0 atom stereocenters. The van der Waals surface area contributed by atoms with Gasteiger partial charge in [-0.05, 0) is 38.5 Å². The Hall–Kier alpha value is -0.910. The second-order valence-electron chi connectivity index (χ2n) is 5.13. The van der Waals surface area contributed by atoms with Gasteiger partial charge in [0, 0.05) is 0 Å². The average Bonchev–Trinajstić information content (AvgIpc) is 2.32. The van der Waals surface area contributed by atoms with Crippen molar-refractivity contribution in [3.8, 4) is 0 Å². The fraction of sp³-hybridized carbons (Fsp3) is 0.538. The van der Waals surface area contributed by atoms with Gasteiger partial charge in [-0.3, -0.25) is 0 Å². The van der Waals surface area contributed by atoms with Gasteiger partial charge in [-0.15, -0.1) is 0 Å². The van der Waals surface area contributed by atoms with Crippen molar-refractivity contribution in [2.45, 2.75) is 18.4 Å². The topological polar surface area (TPSA) is 49.4 Å². The highest BCUT2D eigenvalue weighted by Gasteiger charge is 2.37. The van der Waals surface area contributed by atoms with Crippen LogP contribution in [0, 0.1) is 0 Å².